The second kappa shape index (κ2) is 11.0. The molecule has 5 nitrogen and oxygen atoms in total. The van der Waals surface area contributed by atoms with Crippen molar-refractivity contribution in [1.82, 2.24) is 20.2 Å². The Morgan fingerprint density at radius 1 is 0.717 bits per heavy atom. The fourth-order valence-electron chi connectivity index (χ4n) is 6.71. The van der Waals surface area contributed by atoms with Crippen LogP contribution in [-0.2, 0) is 0 Å². The Morgan fingerprint density at radius 3 is 2.26 bits per heavy atom. The number of para-hydroxylation sites is 1. The van der Waals surface area contributed by atoms with Gasteiger partial charge in [-0.3, -0.25) is 9.55 Å². The largest absolute Gasteiger partial charge is 0.387 e. The van der Waals surface area contributed by atoms with Crippen LogP contribution in [0.25, 0.3) is 59.2 Å². The van der Waals surface area contributed by atoms with Gasteiger partial charge in [0.05, 0.1) is 11.0 Å². The number of fused-ring (bicyclic) bond motifs is 5. The first-order chi connectivity index (χ1) is 22.8. The van der Waals surface area contributed by atoms with E-state index in [1.165, 1.54) is 42.4 Å². The third-order valence-corrected chi connectivity index (χ3v) is 10.1. The van der Waals surface area contributed by atoms with Gasteiger partial charge in [0, 0.05) is 67.6 Å². The number of benzene rings is 4. The lowest BCUT2D eigenvalue weighted by molar-refractivity contribution is 0.705. The molecular weight excluding hydrogens is 583 g/mol. The van der Waals surface area contributed by atoms with E-state index < -0.39 is 0 Å². The van der Waals surface area contributed by atoms with E-state index in [1.807, 2.05) is 42.1 Å². The van der Waals surface area contributed by atoms with Crippen LogP contribution in [0.2, 0.25) is 0 Å². The van der Waals surface area contributed by atoms with Gasteiger partial charge in [-0.1, -0.05) is 91.0 Å². The van der Waals surface area contributed by atoms with Crippen LogP contribution >= 0.6 is 11.3 Å². The van der Waals surface area contributed by atoms with E-state index in [-0.39, 0.29) is 6.17 Å². The molecule has 9 rings (SSSR count). The van der Waals surface area contributed by atoms with Crippen molar-refractivity contribution in [3.63, 3.8) is 0 Å². The first-order valence-corrected chi connectivity index (χ1v) is 16.3. The number of pyridine rings is 1. The quantitative estimate of drug-likeness (QED) is 0.209. The van der Waals surface area contributed by atoms with Gasteiger partial charge in [0.15, 0.2) is 0 Å². The normalized spacial score (nSPS) is 16.2. The van der Waals surface area contributed by atoms with E-state index in [4.69, 9.17) is 4.99 Å². The van der Waals surface area contributed by atoms with E-state index in [0.717, 1.165) is 40.2 Å². The van der Waals surface area contributed by atoms with Gasteiger partial charge in [0.1, 0.15) is 12.0 Å². The second-order valence-corrected chi connectivity index (χ2v) is 12.5. The molecule has 0 bridgehead atoms. The molecule has 0 saturated heterocycles. The highest BCUT2D eigenvalue weighted by Crippen LogP contribution is 2.49. The molecule has 4 aromatic carbocycles. The van der Waals surface area contributed by atoms with Crippen molar-refractivity contribution in [1.29, 1.82) is 0 Å². The SMILES string of the molecule is C1=CC(C2N=C(n3c4ccccc4c4c5sc(-c6ccccc6)c(-c6ccccc6)c5ccc43)C=C(c3ccncc3)N2)=CCN1. The molecule has 2 N–H and O–H groups in total. The van der Waals surface area contributed by atoms with Crippen LogP contribution in [0.3, 0.4) is 0 Å². The first-order valence-electron chi connectivity index (χ1n) is 15.5. The molecule has 0 amide bonds. The topological polar surface area (TPSA) is 54.2 Å². The number of aromatic nitrogens is 2. The number of dihydropyridines is 1. The van der Waals surface area contributed by atoms with Crippen LogP contribution < -0.4 is 10.6 Å². The zero-order chi connectivity index (χ0) is 30.5. The Hall–Kier alpha value is -5.72. The Morgan fingerprint density at radius 2 is 1.48 bits per heavy atom. The molecule has 2 aliphatic rings. The molecule has 5 heterocycles. The number of aliphatic imine (C=N–C) groups is 1. The zero-order valence-electron chi connectivity index (χ0n) is 24.9. The van der Waals surface area contributed by atoms with Gasteiger partial charge >= 0.3 is 0 Å². The summed E-state index contributed by atoms with van der Waals surface area (Å²) < 4.78 is 3.63. The second-order valence-electron chi connectivity index (χ2n) is 11.5. The predicted molar refractivity (Wildman–Crippen MR) is 193 cm³/mol. The number of nitrogens with zero attached hydrogens (tertiary/aromatic N) is 3. The van der Waals surface area contributed by atoms with E-state index in [1.54, 1.807) is 0 Å². The Balaban J connectivity index is 1.33. The molecular formula is C40H29N5S. The van der Waals surface area contributed by atoms with E-state index >= 15 is 0 Å². The van der Waals surface area contributed by atoms with E-state index in [9.17, 15) is 0 Å². The molecule has 6 heteroatoms. The molecule has 0 spiro atoms. The molecule has 3 aromatic heterocycles. The van der Waals surface area contributed by atoms with Crippen molar-refractivity contribution >= 4 is 54.8 Å². The van der Waals surface area contributed by atoms with Crippen molar-refractivity contribution in [3.8, 4) is 21.6 Å². The molecule has 0 radical (unpaired) electrons. The van der Waals surface area contributed by atoms with Gasteiger partial charge < -0.3 is 10.6 Å². The number of allylic oxidation sites excluding steroid dienone is 1. The van der Waals surface area contributed by atoms with Crippen molar-refractivity contribution < 1.29 is 0 Å². The Labute approximate surface area is 270 Å². The van der Waals surface area contributed by atoms with Crippen molar-refractivity contribution in [3.05, 3.63) is 157 Å². The fourth-order valence-corrected chi connectivity index (χ4v) is 8.09. The Kier molecular flexibility index (Phi) is 6.39. The molecule has 0 fully saturated rings. The number of thiophene rings is 1. The molecule has 7 aromatic rings. The van der Waals surface area contributed by atoms with E-state index in [2.05, 4.69) is 135 Å². The monoisotopic (exact) mass is 611 g/mol. The molecule has 1 atom stereocenters. The summed E-state index contributed by atoms with van der Waals surface area (Å²) in [6, 6.07) is 39.0. The van der Waals surface area contributed by atoms with Gasteiger partial charge in [-0.05, 0) is 53.2 Å². The number of hydrogen-bond acceptors (Lipinski definition) is 5. The summed E-state index contributed by atoms with van der Waals surface area (Å²) in [5.41, 5.74) is 9.27. The third-order valence-electron chi connectivity index (χ3n) is 8.80. The van der Waals surface area contributed by atoms with Gasteiger partial charge in [0.2, 0.25) is 0 Å². The van der Waals surface area contributed by atoms with Crippen LogP contribution in [0, 0.1) is 0 Å². The number of rotatable bonds is 4. The van der Waals surface area contributed by atoms with E-state index in [0.29, 0.717) is 0 Å². The van der Waals surface area contributed by atoms with Gasteiger partial charge in [-0.15, -0.1) is 11.3 Å². The van der Waals surface area contributed by atoms with Crippen molar-refractivity contribution in [2.45, 2.75) is 6.17 Å². The highest BCUT2D eigenvalue weighted by atomic mass is 32.1. The van der Waals surface area contributed by atoms with Gasteiger partial charge in [-0.25, -0.2) is 4.99 Å². The molecule has 0 saturated carbocycles. The minimum absolute atomic E-state index is 0.224. The molecule has 46 heavy (non-hydrogen) atoms. The highest BCUT2D eigenvalue weighted by Gasteiger charge is 2.25. The zero-order valence-corrected chi connectivity index (χ0v) is 25.7. The third kappa shape index (κ3) is 4.37. The Bertz CT molecular complexity index is 2380. The summed E-state index contributed by atoms with van der Waals surface area (Å²) in [6.07, 6.45) is 11.9. The highest BCUT2D eigenvalue weighted by molar-refractivity contribution is 7.24. The van der Waals surface area contributed by atoms with Crippen LogP contribution in [0.15, 0.2) is 157 Å². The summed E-state index contributed by atoms with van der Waals surface area (Å²) in [5.74, 6) is 0.900. The molecule has 2 aliphatic heterocycles. The number of hydrogen-bond donors (Lipinski definition) is 2. The molecule has 220 valence electrons. The predicted octanol–water partition coefficient (Wildman–Crippen LogP) is 9.00. The van der Waals surface area contributed by atoms with Crippen LogP contribution in [0.4, 0.5) is 0 Å². The van der Waals surface area contributed by atoms with Gasteiger partial charge in [-0.2, -0.15) is 0 Å². The summed E-state index contributed by atoms with van der Waals surface area (Å²) >= 11 is 1.88. The van der Waals surface area contributed by atoms with Crippen LogP contribution in [0.1, 0.15) is 5.56 Å². The molecule has 1 unspecified atom stereocenters. The lowest BCUT2D eigenvalue weighted by Gasteiger charge is -2.27. The minimum atomic E-state index is -0.224. The van der Waals surface area contributed by atoms with Gasteiger partial charge in [0.25, 0.3) is 0 Å². The smallest absolute Gasteiger partial charge is 0.146 e. The summed E-state index contributed by atoms with van der Waals surface area (Å²) in [6.45, 7) is 0.780. The lowest BCUT2D eigenvalue weighted by atomic mass is 9.98. The van der Waals surface area contributed by atoms with Crippen molar-refractivity contribution in [2.75, 3.05) is 6.54 Å². The minimum Gasteiger partial charge on any atom is -0.387 e. The standard InChI is InChI=1S/C40H29N5S/c1-3-9-27(10-4-1)36-31-15-16-34-37(39(31)46-38(36)28-11-5-2-6-12-28)30-13-7-8-14-33(30)45(34)35-25-32(26-17-21-41-22-18-26)43-40(44-35)29-19-23-42-24-20-29/h1-23,25,40,42-43H,24H2. The van der Waals surface area contributed by atoms with Crippen LogP contribution in [0.5, 0.6) is 0 Å². The average molecular weight is 612 g/mol. The average Bonchev–Trinajstić information content (AvgIpc) is 3.69. The maximum atomic E-state index is 5.35. The van der Waals surface area contributed by atoms with Crippen LogP contribution in [-0.4, -0.2) is 28.1 Å². The summed E-state index contributed by atoms with van der Waals surface area (Å²) in [4.78, 5) is 10.9. The summed E-state index contributed by atoms with van der Waals surface area (Å²) in [7, 11) is 0. The number of nitrogens with one attached hydrogen (secondary N) is 2. The maximum Gasteiger partial charge on any atom is 0.146 e. The van der Waals surface area contributed by atoms with Crippen molar-refractivity contribution in [2.24, 2.45) is 4.99 Å². The lowest BCUT2D eigenvalue weighted by Crippen LogP contribution is -2.35. The fraction of sp³-hybridized carbons (Fsp3) is 0.0500. The first kappa shape index (κ1) is 26.7. The molecule has 0 aliphatic carbocycles. The summed E-state index contributed by atoms with van der Waals surface area (Å²) in [5, 5.41) is 10.7. The maximum absolute atomic E-state index is 5.35.